The summed E-state index contributed by atoms with van der Waals surface area (Å²) in [5, 5.41) is 0. The molecule has 0 heterocycles. The van der Waals surface area contributed by atoms with E-state index in [2.05, 4.69) is 13.2 Å². The Morgan fingerprint density at radius 1 is 0.605 bits per heavy atom. The van der Waals surface area contributed by atoms with Gasteiger partial charge in [0.25, 0.3) is 0 Å². The average molecular weight is 585 g/mol. The van der Waals surface area contributed by atoms with Crippen molar-refractivity contribution in [3.63, 3.8) is 0 Å². The van der Waals surface area contributed by atoms with Crippen LogP contribution >= 0.6 is 0 Å². The number of hydrogen-bond acceptors (Lipinski definition) is 10. The maximum Gasteiger partial charge on any atom is 0.336 e. The molecule has 0 aliphatic heterocycles. The van der Waals surface area contributed by atoms with E-state index in [9.17, 15) is 19.2 Å². The van der Waals surface area contributed by atoms with Crippen LogP contribution in [0.5, 0.6) is 23.0 Å². The molecule has 3 aromatic carbocycles. The molecule has 0 aromatic heterocycles. The van der Waals surface area contributed by atoms with Crippen LogP contribution in [0.3, 0.4) is 0 Å². The zero-order chi connectivity index (χ0) is 31.0. The summed E-state index contributed by atoms with van der Waals surface area (Å²) < 4.78 is 30.8. The molecule has 0 saturated heterocycles. The molecule has 0 saturated carbocycles. The van der Waals surface area contributed by atoms with Crippen molar-refractivity contribution in [2.45, 2.75) is 6.92 Å². The molecule has 10 nitrogen and oxygen atoms in total. The molecule has 43 heavy (non-hydrogen) atoms. The summed E-state index contributed by atoms with van der Waals surface area (Å²) >= 11 is 0. The van der Waals surface area contributed by atoms with E-state index in [0.29, 0.717) is 22.8 Å². The number of hydrogen-bond donors (Lipinski definition) is 0. The SMILES string of the molecule is C=CC(=O)OCOc1ccc(C=CC(=O)Oc2ccc(OC(=O)C=Cc3ccc(OCOC(=O)C=C)cc3)c(C)c2)cc1. The fourth-order valence-electron chi connectivity index (χ4n) is 3.20. The molecule has 0 atom stereocenters. The summed E-state index contributed by atoms with van der Waals surface area (Å²) in [6, 6.07) is 18.1. The van der Waals surface area contributed by atoms with E-state index in [1.807, 2.05) is 0 Å². The van der Waals surface area contributed by atoms with Crippen LogP contribution in [0, 0.1) is 6.92 Å². The second-order valence-corrected chi connectivity index (χ2v) is 8.43. The summed E-state index contributed by atoms with van der Waals surface area (Å²) in [4.78, 5) is 46.6. The molecule has 0 amide bonds. The van der Waals surface area contributed by atoms with Gasteiger partial charge in [-0.1, -0.05) is 37.4 Å². The average Bonchev–Trinajstić information content (AvgIpc) is 3.01. The minimum Gasteiger partial charge on any atom is -0.457 e. The van der Waals surface area contributed by atoms with E-state index < -0.39 is 23.9 Å². The number of benzene rings is 3. The minimum absolute atomic E-state index is 0.245. The molecular formula is C33H28O10. The predicted octanol–water partition coefficient (Wildman–Crippen LogP) is 5.36. The third kappa shape index (κ3) is 11.2. The molecule has 0 spiro atoms. The highest BCUT2D eigenvalue weighted by Crippen LogP contribution is 2.24. The lowest BCUT2D eigenvalue weighted by Gasteiger charge is -2.08. The maximum atomic E-state index is 12.3. The first-order valence-electron chi connectivity index (χ1n) is 12.7. The molecule has 0 radical (unpaired) electrons. The number of rotatable bonds is 14. The van der Waals surface area contributed by atoms with E-state index in [1.165, 1.54) is 24.3 Å². The Kier molecular flexibility index (Phi) is 12.1. The molecule has 220 valence electrons. The van der Waals surface area contributed by atoms with Crippen molar-refractivity contribution >= 4 is 36.0 Å². The molecule has 0 aliphatic carbocycles. The summed E-state index contributed by atoms with van der Waals surface area (Å²) in [6.07, 6.45) is 7.77. The van der Waals surface area contributed by atoms with Gasteiger partial charge in [0.2, 0.25) is 13.6 Å². The van der Waals surface area contributed by atoms with Crippen molar-refractivity contribution < 1.29 is 47.6 Å². The van der Waals surface area contributed by atoms with Crippen molar-refractivity contribution in [1.82, 2.24) is 0 Å². The van der Waals surface area contributed by atoms with Crippen LogP contribution in [0.15, 0.2) is 104 Å². The Morgan fingerprint density at radius 2 is 1.05 bits per heavy atom. The Hall–Kier alpha value is -5.90. The number of carbonyl (C=O) groups excluding carboxylic acids is 4. The van der Waals surface area contributed by atoms with Crippen LogP contribution in [0.4, 0.5) is 0 Å². The van der Waals surface area contributed by atoms with E-state index in [4.69, 9.17) is 28.4 Å². The molecule has 10 heteroatoms. The molecule has 0 aliphatic rings. The predicted molar refractivity (Wildman–Crippen MR) is 157 cm³/mol. The van der Waals surface area contributed by atoms with Crippen LogP contribution in [0.1, 0.15) is 16.7 Å². The molecule has 0 bridgehead atoms. The van der Waals surface area contributed by atoms with E-state index in [1.54, 1.807) is 73.7 Å². The normalized spacial score (nSPS) is 10.5. The van der Waals surface area contributed by atoms with Gasteiger partial charge in [-0.25, -0.2) is 19.2 Å². The monoisotopic (exact) mass is 584 g/mol. The molecule has 0 unspecified atom stereocenters. The van der Waals surface area contributed by atoms with Crippen LogP contribution in [0.25, 0.3) is 12.2 Å². The lowest BCUT2D eigenvalue weighted by Crippen LogP contribution is -2.07. The van der Waals surface area contributed by atoms with Gasteiger partial charge in [-0.05, 0) is 78.2 Å². The molecule has 3 rings (SSSR count). The Labute approximate surface area is 248 Å². The highest BCUT2D eigenvalue weighted by atomic mass is 16.7. The molecule has 0 fully saturated rings. The van der Waals surface area contributed by atoms with Crippen LogP contribution in [0.2, 0.25) is 0 Å². The largest absolute Gasteiger partial charge is 0.457 e. The standard InChI is InChI=1S/C33H28O10/c1-4-30(34)40-21-38-26-12-6-24(7-13-26)10-18-32(36)42-28-16-17-29(23(3)20-28)43-33(37)19-11-25-8-14-27(15-9-25)39-22-41-31(35)5-2/h4-20H,1-2,21-22H2,3H3. The van der Waals surface area contributed by atoms with Gasteiger partial charge < -0.3 is 28.4 Å². The Bertz CT molecular complexity index is 1520. The van der Waals surface area contributed by atoms with Gasteiger partial charge in [0, 0.05) is 24.3 Å². The van der Waals surface area contributed by atoms with Gasteiger partial charge in [0.15, 0.2) is 0 Å². The zero-order valence-electron chi connectivity index (χ0n) is 23.2. The number of aryl methyl sites for hydroxylation is 1. The van der Waals surface area contributed by atoms with Gasteiger partial charge in [-0.3, -0.25) is 0 Å². The molecule has 0 N–H and O–H groups in total. The summed E-state index contributed by atoms with van der Waals surface area (Å²) in [5.74, 6) is -0.817. The Balaban J connectivity index is 1.46. The first kappa shape index (κ1) is 31.6. The van der Waals surface area contributed by atoms with Gasteiger partial charge in [0.05, 0.1) is 0 Å². The van der Waals surface area contributed by atoms with Crippen molar-refractivity contribution in [2.75, 3.05) is 13.6 Å². The Morgan fingerprint density at radius 3 is 1.49 bits per heavy atom. The minimum atomic E-state index is -0.599. The molecular weight excluding hydrogens is 556 g/mol. The quantitative estimate of drug-likeness (QED) is 0.106. The topological polar surface area (TPSA) is 124 Å². The van der Waals surface area contributed by atoms with Crippen molar-refractivity contribution in [3.05, 3.63) is 121 Å². The lowest BCUT2D eigenvalue weighted by atomic mass is 10.2. The van der Waals surface area contributed by atoms with Crippen molar-refractivity contribution in [1.29, 1.82) is 0 Å². The number of carbonyl (C=O) groups is 4. The second-order valence-electron chi connectivity index (χ2n) is 8.43. The third-order valence-electron chi connectivity index (χ3n) is 5.35. The first-order chi connectivity index (χ1) is 20.7. The summed E-state index contributed by atoms with van der Waals surface area (Å²) in [7, 11) is 0. The van der Waals surface area contributed by atoms with Gasteiger partial charge in [-0.15, -0.1) is 0 Å². The van der Waals surface area contributed by atoms with Crippen molar-refractivity contribution in [2.24, 2.45) is 0 Å². The van der Waals surface area contributed by atoms with Crippen LogP contribution in [-0.4, -0.2) is 37.5 Å². The third-order valence-corrected chi connectivity index (χ3v) is 5.35. The van der Waals surface area contributed by atoms with Gasteiger partial charge in [-0.2, -0.15) is 0 Å². The summed E-state index contributed by atoms with van der Waals surface area (Å²) in [5.41, 5.74) is 2.02. The lowest BCUT2D eigenvalue weighted by molar-refractivity contribution is -0.145. The van der Waals surface area contributed by atoms with Gasteiger partial charge >= 0.3 is 23.9 Å². The summed E-state index contributed by atoms with van der Waals surface area (Å²) in [6.45, 7) is 7.82. The smallest absolute Gasteiger partial charge is 0.336 e. The van der Waals surface area contributed by atoms with E-state index in [0.717, 1.165) is 23.3 Å². The fraction of sp³-hybridized carbons (Fsp3) is 0.0909. The van der Waals surface area contributed by atoms with Gasteiger partial charge in [0.1, 0.15) is 23.0 Å². The highest BCUT2D eigenvalue weighted by molar-refractivity contribution is 5.90. The van der Waals surface area contributed by atoms with E-state index >= 15 is 0 Å². The first-order valence-corrected chi connectivity index (χ1v) is 12.7. The van der Waals surface area contributed by atoms with Crippen LogP contribution < -0.4 is 18.9 Å². The highest BCUT2D eigenvalue weighted by Gasteiger charge is 2.08. The van der Waals surface area contributed by atoms with E-state index in [-0.39, 0.29) is 19.3 Å². The second kappa shape index (κ2) is 16.4. The number of esters is 4. The van der Waals surface area contributed by atoms with Crippen LogP contribution in [-0.2, 0) is 28.7 Å². The number of ether oxygens (including phenoxy) is 6. The maximum absolute atomic E-state index is 12.3. The van der Waals surface area contributed by atoms with Crippen molar-refractivity contribution in [3.8, 4) is 23.0 Å². The zero-order valence-corrected chi connectivity index (χ0v) is 23.2. The molecule has 3 aromatic rings. The fourth-order valence-corrected chi connectivity index (χ4v) is 3.20.